The third-order valence-electron chi connectivity index (χ3n) is 3.29. The molecule has 0 aromatic carbocycles. The van der Waals surface area contributed by atoms with Gasteiger partial charge in [0.25, 0.3) is 12.3 Å². The minimum absolute atomic E-state index is 0.0126. The first-order valence-electron chi connectivity index (χ1n) is 8.75. The molecule has 1 amide bonds. The molecular weight excluding hydrogens is 393 g/mol. The predicted octanol–water partition coefficient (Wildman–Crippen LogP) is 2.69. The predicted molar refractivity (Wildman–Crippen MR) is 97.7 cm³/mol. The van der Waals surface area contributed by atoms with Gasteiger partial charge in [-0.1, -0.05) is 0 Å². The number of ether oxygens (including phenoxy) is 2. The molecule has 0 aliphatic rings. The SMILES string of the molecule is CC(C)OCCCNc1nccc(C(=O)Nc2cncnc2OC(F)C(F)F)n1. The van der Waals surface area contributed by atoms with Crippen molar-refractivity contribution in [3.05, 3.63) is 30.5 Å². The fourth-order valence-corrected chi connectivity index (χ4v) is 2.00. The first kappa shape index (κ1) is 22.3. The summed E-state index contributed by atoms with van der Waals surface area (Å²) >= 11 is 0. The molecule has 0 aliphatic heterocycles. The normalized spacial score (nSPS) is 12.1. The number of anilines is 2. The maximum Gasteiger partial charge on any atom is 0.304 e. The molecule has 0 radical (unpaired) electrons. The summed E-state index contributed by atoms with van der Waals surface area (Å²) < 4.78 is 47.7. The van der Waals surface area contributed by atoms with E-state index >= 15 is 0 Å². The summed E-state index contributed by atoms with van der Waals surface area (Å²) in [6, 6.07) is 1.35. The van der Waals surface area contributed by atoms with Gasteiger partial charge in [-0.3, -0.25) is 4.79 Å². The van der Waals surface area contributed by atoms with Crippen molar-refractivity contribution in [3.63, 3.8) is 0 Å². The Hall–Kier alpha value is -3.02. The van der Waals surface area contributed by atoms with Crippen molar-refractivity contribution in [2.24, 2.45) is 0 Å². The molecule has 0 aliphatic carbocycles. The molecular formula is C17H21F3N6O3. The Bertz CT molecular complexity index is 797. The van der Waals surface area contributed by atoms with Gasteiger partial charge >= 0.3 is 6.43 Å². The standard InChI is InChI=1S/C17H21F3N6O3/c1-10(2)28-7-3-5-22-17-23-6-4-11(26-17)15(27)25-12-8-21-9-24-16(12)29-14(20)13(18)19/h4,6,8-10,13-14H,3,5,7H2,1-2H3,(H,25,27)(H,22,23,26). The minimum atomic E-state index is -3.37. The molecule has 12 heteroatoms. The van der Waals surface area contributed by atoms with Crippen LogP contribution in [0, 0.1) is 0 Å². The molecule has 158 valence electrons. The van der Waals surface area contributed by atoms with E-state index in [2.05, 4.69) is 35.3 Å². The summed E-state index contributed by atoms with van der Waals surface area (Å²) in [6.45, 7) is 4.98. The van der Waals surface area contributed by atoms with E-state index in [1.807, 2.05) is 13.8 Å². The highest BCUT2D eigenvalue weighted by Crippen LogP contribution is 2.23. The molecule has 2 N–H and O–H groups in total. The Kier molecular flexibility index (Phi) is 8.52. The van der Waals surface area contributed by atoms with E-state index in [0.29, 0.717) is 19.6 Å². The average Bonchev–Trinajstić information content (AvgIpc) is 2.69. The highest BCUT2D eigenvalue weighted by Gasteiger charge is 2.23. The molecule has 1 unspecified atom stereocenters. The zero-order valence-electron chi connectivity index (χ0n) is 15.8. The smallest absolute Gasteiger partial charge is 0.304 e. The fourth-order valence-electron chi connectivity index (χ4n) is 2.00. The van der Waals surface area contributed by atoms with Gasteiger partial charge in [0.15, 0.2) is 0 Å². The largest absolute Gasteiger partial charge is 0.435 e. The van der Waals surface area contributed by atoms with Gasteiger partial charge in [0.05, 0.1) is 12.3 Å². The summed E-state index contributed by atoms with van der Waals surface area (Å²) in [5.74, 6) is -1.01. The third-order valence-corrected chi connectivity index (χ3v) is 3.29. The van der Waals surface area contributed by atoms with Crippen LogP contribution in [0.3, 0.4) is 0 Å². The molecule has 0 saturated heterocycles. The number of halogens is 3. The lowest BCUT2D eigenvalue weighted by Crippen LogP contribution is -2.22. The first-order chi connectivity index (χ1) is 13.9. The van der Waals surface area contributed by atoms with E-state index < -0.39 is 24.6 Å². The molecule has 2 aromatic rings. The Labute approximate surface area is 165 Å². The van der Waals surface area contributed by atoms with Crippen LogP contribution in [0.15, 0.2) is 24.8 Å². The van der Waals surface area contributed by atoms with E-state index in [4.69, 9.17) is 4.74 Å². The first-order valence-corrected chi connectivity index (χ1v) is 8.75. The number of rotatable bonds is 11. The molecule has 0 bridgehead atoms. The molecule has 1 atom stereocenters. The number of alkyl halides is 3. The van der Waals surface area contributed by atoms with Crippen LogP contribution in [0.4, 0.5) is 24.8 Å². The maximum atomic E-state index is 13.1. The van der Waals surface area contributed by atoms with Crippen molar-refractivity contribution in [2.75, 3.05) is 23.8 Å². The third kappa shape index (κ3) is 7.49. The second-order valence-electron chi connectivity index (χ2n) is 5.96. The molecule has 0 saturated carbocycles. The van der Waals surface area contributed by atoms with Gasteiger partial charge in [-0.25, -0.2) is 23.7 Å². The zero-order chi connectivity index (χ0) is 21.2. The second-order valence-corrected chi connectivity index (χ2v) is 5.96. The van der Waals surface area contributed by atoms with Crippen molar-refractivity contribution < 1.29 is 27.4 Å². The molecule has 2 heterocycles. The minimum Gasteiger partial charge on any atom is -0.435 e. The number of carbonyl (C=O) groups is 1. The summed E-state index contributed by atoms with van der Waals surface area (Å²) in [7, 11) is 0. The number of nitrogens with zero attached hydrogens (tertiary/aromatic N) is 4. The zero-order valence-corrected chi connectivity index (χ0v) is 15.8. The van der Waals surface area contributed by atoms with Gasteiger partial charge in [-0.05, 0) is 26.3 Å². The molecule has 9 nitrogen and oxygen atoms in total. The van der Waals surface area contributed by atoms with Crippen molar-refractivity contribution >= 4 is 17.5 Å². The monoisotopic (exact) mass is 414 g/mol. The lowest BCUT2D eigenvalue weighted by Gasteiger charge is -2.13. The van der Waals surface area contributed by atoms with Crippen molar-refractivity contribution in [1.29, 1.82) is 0 Å². The highest BCUT2D eigenvalue weighted by atomic mass is 19.3. The van der Waals surface area contributed by atoms with Crippen LogP contribution in [0.1, 0.15) is 30.8 Å². The van der Waals surface area contributed by atoms with Crippen LogP contribution in [0.5, 0.6) is 5.88 Å². The van der Waals surface area contributed by atoms with Crippen LogP contribution < -0.4 is 15.4 Å². The van der Waals surface area contributed by atoms with Gasteiger partial charge in [0.1, 0.15) is 17.7 Å². The van der Waals surface area contributed by atoms with Crippen molar-refractivity contribution in [3.8, 4) is 5.88 Å². The van der Waals surface area contributed by atoms with Gasteiger partial charge < -0.3 is 20.1 Å². The number of hydrogen-bond donors (Lipinski definition) is 2. The highest BCUT2D eigenvalue weighted by molar-refractivity contribution is 6.03. The van der Waals surface area contributed by atoms with Crippen molar-refractivity contribution in [1.82, 2.24) is 19.9 Å². The number of carbonyl (C=O) groups excluding carboxylic acids is 1. The van der Waals surface area contributed by atoms with E-state index in [9.17, 15) is 18.0 Å². The van der Waals surface area contributed by atoms with E-state index in [1.54, 1.807) is 0 Å². The lowest BCUT2D eigenvalue weighted by molar-refractivity contribution is -0.0687. The van der Waals surface area contributed by atoms with Crippen LogP contribution in [0.25, 0.3) is 0 Å². The van der Waals surface area contributed by atoms with Gasteiger partial charge in [0, 0.05) is 19.3 Å². The summed E-state index contributed by atoms with van der Waals surface area (Å²) in [6.07, 6.45) is -1.96. The molecule has 2 aromatic heterocycles. The number of amides is 1. The Morgan fingerprint density at radius 1 is 1.24 bits per heavy atom. The summed E-state index contributed by atoms with van der Waals surface area (Å²) in [5, 5.41) is 5.31. The average molecular weight is 414 g/mol. The lowest BCUT2D eigenvalue weighted by atomic mass is 10.3. The van der Waals surface area contributed by atoms with Gasteiger partial charge in [0.2, 0.25) is 11.8 Å². The topological polar surface area (TPSA) is 111 Å². The molecule has 0 spiro atoms. The molecule has 0 fully saturated rings. The van der Waals surface area contributed by atoms with Gasteiger partial charge in [-0.2, -0.15) is 9.37 Å². The van der Waals surface area contributed by atoms with Gasteiger partial charge in [-0.15, -0.1) is 0 Å². The van der Waals surface area contributed by atoms with Crippen LogP contribution >= 0.6 is 0 Å². The van der Waals surface area contributed by atoms with E-state index in [1.165, 1.54) is 12.3 Å². The van der Waals surface area contributed by atoms with Crippen LogP contribution in [-0.4, -0.2) is 57.9 Å². The Balaban J connectivity index is 1.97. The number of hydrogen-bond acceptors (Lipinski definition) is 8. The summed E-state index contributed by atoms with van der Waals surface area (Å²) in [4.78, 5) is 27.7. The van der Waals surface area contributed by atoms with Crippen molar-refractivity contribution in [2.45, 2.75) is 39.2 Å². The second kappa shape index (κ2) is 11.1. The molecule has 2 rings (SSSR count). The quantitative estimate of drug-likeness (QED) is 0.540. The van der Waals surface area contributed by atoms with Crippen LogP contribution in [-0.2, 0) is 4.74 Å². The maximum absolute atomic E-state index is 13.1. The number of aromatic nitrogens is 4. The van der Waals surface area contributed by atoms with Crippen LogP contribution in [0.2, 0.25) is 0 Å². The van der Waals surface area contributed by atoms with E-state index in [-0.39, 0.29) is 23.4 Å². The molecule has 29 heavy (non-hydrogen) atoms. The Morgan fingerprint density at radius 3 is 2.76 bits per heavy atom. The fraction of sp³-hybridized carbons (Fsp3) is 0.471. The number of nitrogens with one attached hydrogen (secondary N) is 2. The Morgan fingerprint density at radius 2 is 2.03 bits per heavy atom. The van der Waals surface area contributed by atoms with E-state index in [0.717, 1.165) is 12.5 Å². The summed E-state index contributed by atoms with van der Waals surface area (Å²) in [5.41, 5.74) is -0.193.